The van der Waals surface area contributed by atoms with Crippen LogP contribution in [0.2, 0.25) is 0 Å². The first kappa shape index (κ1) is 19.3. The molecule has 1 atom stereocenters. The molecule has 10 heteroatoms. The Hall–Kier alpha value is -2.49. The highest BCUT2D eigenvalue weighted by atomic mass is 32.2. The Morgan fingerprint density at radius 3 is 2.33 bits per heavy atom. The van der Waals surface area contributed by atoms with Crippen molar-refractivity contribution in [1.82, 2.24) is 14.9 Å². The normalized spacial score (nSPS) is 18.3. The fourth-order valence-electron chi connectivity index (χ4n) is 3.11. The predicted molar refractivity (Wildman–Crippen MR) is 94.2 cm³/mol. The molecule has 0 saturated carbocycles. The van der Waals surface area contributed by atoms with Gasteiger partial charge in [-0.1, -0.05) is 0 Å². The zero-order chi connectivity index (χ0) is 20.0. The first-order valence-electron chi connectivity index (χ1n) is 8.05. The van der Waals surface area contributed by atoms with Crippen molar-refractivity contribution in [2.45, 2.75) is 42.8 Å². The van der Waals surface area contributed by atoms with Crippen molar-refractivity contribution in [1.29, 1.82) is 0 Å². The smallest absolute Gasteiger partial charge is 0.347 e. The first-order chi connectivity index (χ1) is 12.5. The molecule has 144 valence electrons. The van der Waals surface area contributed by atoms with Gasteiger partial charge in [0.25, 0.3) is 5.91 Å². The molecule has 1 unspecified atom stereocenters. The number of carbonyl (C=O) groups excluding carboxylic acids is 2. The van der Waals surface area contributed by atoms with Crippen molar-refractivity contribution in [2.75, 3.05) is 4.90 Å². The standard InChI is InChI=1S/C17H17F3N4O2S/c1-10(13-21-8-9-22-13)24-15(26)23(14(25)16(24,2)3)11-4-6-12(7-5-11)27-17(18,19)20/h4-10H,1-3H3,(H,21,22). The molecule has 0 aliphatic carbocycles. The minimum absolute atomic E-state index is 0.0228. The number of aromatic amines is 1. The van der Waals surface area contributed by atoms with Crippen LogP contribution in [-0.4, -0.2) is 37.9 Å². The number of H-pyrrole nitrogens is 1. The number of rotatable bonds is 4. The molecule has 1 fully saturated rings. The Kier molecular flexibility index (Phi) is 4.71. The maximum Gasteiger partial charge on any atom is 0.446 e. The second-order valence-corrected chi connectivity index (χ2v) is 7.68. The summed E-state index contributed by atoms with van der Waals surface area (Å²) in [5, 5.41) is 0. The average Bonchev–Trinajstić information content (AvgIpc) is 3.14. The lowest BCUT2D eigenvalue weighted by Crippen LogP contribution is -2.45. The van der Waals surface area contributed by atoms with E-state index in [9.17, 15) is 22.8 Å². The fraction of sp³-hybridized carbons (Fsp3) is 0.353. The molecule has 1 aromatic carbocycles. The fourth-order valence-corrected chi connectivity index (χ4v) is 3.65. The molecule has 1 N–H and O–H groups in total. The minimum Gasteiger partial charge on any atom is -0.347 e. The maximum atomic E-state index is 13.0. The summed E-state index contributed by atoms with van der Waals surface area (Å²) in [6.07, 6.45) is 3.17. The third-order valence-electron chi connectivity index (χ3n) is 4.36. The summed E-state index contributed by atoms with van der Waals surface area (Å²) in [5.74, 6) is 0.0742. The average molecular weight is 398 g/mol. The van der Waals surface area contributed by atoms with Crippen molar-refractivity contribution in [3.63, 3.8) is 0 Å². The van der Waals surface area contributed by atoms with Gasteiger partial charge in [0.05, 0.1) is 11.7 Å². The van der Waals surface area contributed by atoms with Crippen LogP contribution in [0.4, 0.5) is 23.7 Å². The van der Waals surface area contributed by atoms with Gasteiger partial charge in [0, 0.05) is 17.3 Å². The molecule has 1 aromatic heterocycles. The summed E-state index contributed by atoms with van der Waals surface area (Å²) >= 11 is -0.254. The number of aromatic nitrogens is 2. The minimum atomic E-state index is -4.40. The van der Waals surface area contributed by atoms with E-state index in [1.54, 1.807) is 33.2 Å². The third-order valence-corrected chi connectivity index (χ3v) is 5.10. The van der Waals surface area contributed by atoms with Crippen molar-refractivity contribution in [3.05, 3.63) is 42.5 Å². The van der Waals surface area contributed by atoms with Crippen LogP contribution in [0.15, 0.2) is 41.6 Å². The van der Waals surface area contributed by atoms with Crippen LogP contribution in [-0.2, 0) is 4.79 Å². The maximum absolute atomic E-state index is 13.0. The van der Waals surface area contributed by atoms with Gasteiger partial charge in [0.15, 0.2) is 0 Å². The summed E-state index contributed by atoms with van der Waals surface area (Å²) in [4.78, 5) is 35.3. The number of alkyl halides is 3. The Morgan fingerprint density at radius 1 is 1.19 bits per heavy atom. The lowest BCUT2D eigenvalue weighted by Gasteiger charge is -2.32. The van der Waals surface area contributed by atoms with E-state index in [-0.39, 0.29) is 22.3 Å². The molecule has 1 aliphatic heterocycles. The Morgan fingerprint density at radius 2 is 1.81 bits per heavy atom. The molecule has 0 radical (unpaired) electrons. The largest absolute Gasteiger partial charge is 0.446 e. The van der Waals surface area contributed by atoms with E-state index in [1.807, 2.05) is 0 Å². The number of hydrogen-bond donors (Lipinski definition) is 1. The zero-order valence-corrected chi connectivity index (χ0v) is 15.6. The van der Waals surface area contributed by atoms with E-state index < -0.39 is 29.0 Å². The van der Waals surface area contributed by atoms with Gasteiger partial charge in [0.1, 0.15) is 11.4 Å². The van der Waals surface area contributed by atoms with E-state index in [0.29, 0.717) is 5.82 Å². The number of hydrogen-bond acceptors (Lipinski definition) is 4. The number of halogens is 3. The number of benzene rings is 1. The van der Waals surface area contributed by atoms with Crippen molar-refractivity contribution < 1.29 is 22.8 Å². The van der Waals surface area contributed by atoms with Crippen LogP contribution < -0.4 is 4.90 Å². The molecule has 1 aliphatic rings. The summed E-state index contributed by atoms with van der Waals surface area (Å²) in [7, 11) is 0. The van der Waals surface area contributed by atoms with Gasteiger partial charge in [-0.2, -0.15) is 13.2 Å². The molecular weight excluding hydrogens is 381 g/mol. The molecule has 3 amide bonds. The summed E-state index contributed by atoms with van der Waals surface area (Å²) < 4.78 is 37.4. The molecule has 2 aromatic rings. The van der Waals surface area contributed by atoms with E-state index in [2.05, 4.69) is 9.97 Å². The van der Waals surface area contributed by atoms with Gasteiger partial charge >= 0.3 is 11.5 Å². The van der Waals surface area contributed by atoms with Gasteiger partial charge in [-0.3, -0.25) is 9.69 Å². The number of imidazole rings is 1. The lowest BCUT2D eigenvalue weighted by molar-refractivity contribution is -0.124. The predicted octanol–water partition coefficient (Wildman–Crippen LogP) is 4.33. The van der Waals surface area contributed by atoms with Crippen LogP contribution in [0.1, 0.15) is 32.6 Å². The quantitative estimate of drug-likeness (QED) is 0.615. The highest BCUT2D eigenvalue weighted by Crippen LogP contribution is 2.40. The molecule has 1 saturated heterocycles. The van der Waals surface area contributed by atoms with Crippen LogP contribution >= 0.6 is 11.8 Å². The van der Waals surface area contributed by atoms with Crippen LogP contribution in [0.25, 0.3) is 0 Å². The van der Waals surface area contributed by atoms with Crippen molar-refractivity contribution >= 4 is 29.4 Å². The van der Waals surface area contributed by atoms with E-state index in [1.165, 1.54) is 29.2 Å². The second-order valence-electron chi connectivity index (χ2n) is 6.54. The van der Waals surface area contributed by atoms with Gasteiger partial charge in [-0.25, -0.2) is 14.7 Å². The van der Waals surface area contributed by atoms with Gasteiger partial charge in [-0.15, -0.1) is 0 Å². The summed E-state index contributed by atoms with van der Waals surface area (Å²) in [5.41, 5.74) is -5.32. The molecule has 6 nitrogen and oxygen atoms in total. The van der Waals surface area contributed by atoms with Crippen LogP contribution in [0.3, 0.4) is 0 Å². The number of nitrogens with zero attached hydrogens (tertiary/aromatic N) is 3. The molecule has 2 heterocycles. The lowest BCUT2D eigenvalue weighted by atomic mass is 10.0. The number of thioether (sulfide) groups is 1. The Bertz CT molecular complexity index is 850. The number of imide groups is 1. The summed E-state index contributed by atoms with van der Waals surface area (Å²) in [6.45, 7) is 5.00. The van der Waals surface area contributed by atoms with E-state index in [4.69, 9.17) is 0 Å². The van der Waals surface area contributed by atoms with Crippen molar-refractivity contribution in [3.8, 4) is 0 Å². The molecule has 0 spiro atoms. The van der Waals surface area contributed by atoms with Gasteiger partial charge in [0.2, 0.25) is 0 Å². The molecule has 27 heavy (non-hydrogen) atoms. The Balaban J connectivity index is 1.90. The first-order valence-corrected chi connectivity index (χ1v) is 8.87. The molecule has 0 bridgehead atoms. The Labute approximate surface area is 157 Å². The van der Waals surface area contributed by atoms with E-state index in [0.717, 1.165) is 4.90 Å². The number of nitrogens with one attached hydrogen (secondary N) is 1. The topological polar surface area (TPSA) is 69.3 Å². The molecular formula is C17H17F3N4O2S. The third kappa shape index (κ3) is 3.53. The van der Waals surface area contributed by atoms with Crippen LogP contribution in [0.5, 0.6) is 0 Å². The second kappa shape index (κ2) is 6.59. The van der Waals surface area contributed by atoms with Gasteiger partial charge < -0.3 is 4.98 Å². The highest BCUT2D eigenvalue weighted by Gasteiger charge is 2.54. The highest BCUT2D eigenvalue weighted by molar-refractivity contribution is 8.00. The zero-order valence-electron chi connectivity index (χ0n) is 14.7. The number of urea groups is 1. The summed E-state index contributed by atoms with van der Waals surface area (Å²) in [6, 6.07) is 4.10. The van der Waals surface area contributed by atoms with Crippen molar-refractivity contribution in [2.24, 2.45) is 0 Å². The molecule has 3 rings (SSSR count). The van der Waals surface area contributed by atoms with Crippen LogP contribution in [0, 0.1) is 0 Å². The van der Waals surface area contributed by atoms with E-state index >= 15 is 0 Å². The number of anilines is 1. The van der Waals surface area contributed by atoms with Gasteiger partial charge in [-0.05, 0) is 56.8 Å². The SMILES string of the molecule is CC(c1ncc[nH]1)N1C(=O)N(c2ccc(SC(F)(F)F)cc2)C(=O)C1(C)C. The monoisotopic (exact) mass is 398 g/mol. The number of amides is 3. The number of carbonyl (C=O) groups is 2.